The molecule has 6 aliphatic rings. The standard InChI is InChI=1S/C36H54N4O2/c41-31(39-25-33(17-7-1-8-18-33)37-34(26-39)19-9-2-10-20-34)29-15-5-6-16-30(29)32(42)40-27-35(21-11-3-12-22-35)38-36(28-40)23-13-4-14-24-36/h5-6,15-16,37-38H,1-4,7-14,17-28H2. The molecule has 0 radical (unpaired) electrons. The molecule has 2 saturated heterocycles. The quantitative estimate of drug-likeness (QED) is 0.418. The Balaban J connectivity index is 1.18. The van der Waals surface area contributed by atoms with Gasteiger partial charge >= 0.3 is 0 Å². The Kier molecular flexibility index (Phi) is 7.92. The molecule has 7 rings (SSSR count). The van der Waals surface area contributed by atoms with Crippen LogP contribution in [-0.2, 0) is 0 Å². The van der Waals surface area contributed by atoms with Crippen molar-refractivity contribution in [3.8, 4) is 0 Å². The second-order valence-corrected chi connectivity index (χ2v) is 15.5. The van der Waals surface area contributed by atoms with Gasteiger partial charge in [-0.25, -0.2) is 0 Å². The summed E-state index contributed by atoms with van der Waals surface area (Å²) in [4.78, 5) is 33.5. The second-order valence-electron chi connectivity index (χ2n) is 15.5. The number of piperazine rings is 2. The van der Waals surface area contributed by atoms with Gasteiger partial charge in [-0.3, -0.25) is 9.59 Å². The summed E-state index contributed by atoms with van der Waals surface area (Å²) in [5.74, 6) is 0.149. The first-order valence-corrected chi connectivity index (χ1v) is 17.7. The molecule has 42 heavy (non-hydrogen) atoms. The molecule has 2 amide bonds. The third-order valence-corrected chi connectivity index (χ3v) is 12.2. The van der Waals surface area contributed by atoms with Crippen molar-refractivity contribution in [2.45, 2.75) is 151 Å². The van der Waals surface area contributed by atoms with Crippen LogP contribution in [0.3, 0.4) is 0 Å². The summed E-state index contributed by atoms with van der Waals surface area (Å²) in [5, 5.41) is 8.40. The van der Waals surface area contributed by atoms with Gasteiger partial charge < -0.3 is 20.4 Å². The van der Waals surface area contributed by atoms with E-state index in [0.29, 0.717) is 11.1 Å². The summed E-state index contributed by atoms with van der Waals surface area (Å²) in [6.07, 6.45) is 24.4. The van der Waals surface area contributed by atoms with Crippen LogP contribution in [0.15, 0.2) is 24.3 Å². The highest BCUT2D eigenvalue weighted by atomic mass is 16.2. The Labute approximate surface area is 253 Å². The maximum absolute atomic E-state index is 14.6. The van der Waals surface area contributed by atoms with Crippen LogP contribution in [0, 0.1) is 0 Å². The van der Waals surface area contributed by atoms with Crippen LogP contribution < -0.4 is 10.6 Å². The number of nitrogens with zero attached hydrogens (tertiary/aromatic N) is 2. The zero-order valence-electron chi connectivity index (χ0n) is 26.0. The van der Waals surface area contributed by atoms with Gasteiger partial charge in [0, 0.05) is 48.3 Å². The molecule has 4 saturated carbocycles. The van der Waals surface area contributed by atoms with Crippen molar-refractivity contribution >= 4 is 11.8 Å². The van der Waals surface area contributed by atoms with E-state index in [-0.39, 0.29) is 34.0 Å². The smallest absolute Gasteiger partial charge is 0.254 e. The van der Waals surface area contributed by atoms with E-state index in [1.807, 2.05) is 24.3 Å². The van der Waals surface area contributed by atoms with Crippen LogP contribution in [-0.4, -0.2) is 69.9 Å². The number of hydrogen-bond donors (Lipinski definition) is 2. The molecule has 6 fully saturated rings. The molecule has 1 aromatic rings. The molecule has 4 aliphatic carbocycles. The number of carbonyl (C=O) groups is 2. The van der Waals surface area contributed by atoms with E-state index >= 15 is 0 Å². The number of carbonyl (C=O) groups excluding carboxylic acids is 2. The average molecular weight is 575 g/mol. The molecule has 2 heterocycles. The predicted octanol–water partition coefficient (Wildman–Crippen LogP) is 6.59. The molecule has 4 spiro atoms. The van der Waals surface area contributed by atoms with E-state index in [9.17, 15) is 9.59 Å². The number of nitrogens with one attached hydrogen (secondary N) is 2. The van der Waals surface area contributed by atoms with Crippen LogP contribution in [0.4, 0.5) is 0 Å². The summed E-state index contributed by atoms with van der Waals surface area (Å²) >= 11 is 0. The van der Waals surface area contributed by atoms with Crippen molar-refractivity contribution in [1.29, 1.82) is 0 Å². The number of amides is 2. The van der Waals surface area contributed by atoms with Crippen LogP contribution in [0.5, 0.6) is 0 Å². The van der Waals surface area contributed by atoms with Crippen LogP contribution in [0.2, 0.25) is 0 Å². The summed E-state index contributed by atoms with van der Waals surface area (Å²) in [6.45, 7) is 3.10. The molecule has 2 aliphatic heterocycles. The van der Waals surface area contributed by atoms with Gasteiger partial charge in [0.25, 0.3) is 11.8 Å². The average Bonchev–Trinajstić information content (AvgIpc) is 3.01. The molecule has 0 unspecified atom stereocenters. The van der Waals surface area contributed by atoms with E-state index in [2.05, 4.69) is 20.4 Å². The second kappa shape index (κ2) is 11.5. The number of hydrogen-bond acceptors (Lipinski definition) is 4. The van der Waals surface area contributed by atoms with E-state index < -0.39 is 0 Å². The highest BCUT2D eigenvalue weighted by Gasteiger charge is 2.51. The normalized spacial score (nSPS) is 28.3. The lowest BCUT2D eigenvalue weighted by atomic mass is 9.72. The van der Waals surface area contributed by atoms with E-state index in [1.165, 1.54) is 77.0 Å². The van der Waals surface area contributed by atoms with Crippen molar-refractivity contribution in [2.75, 3.05) is 26.2 Å². The molecule has 6 heteroatoms. The van der Waals surface area contributed by atoms with Crippen LogP contribution >= 0.6 is 0 Å². The minimum absolute atomic E-state index is 0.0295. The molecule has 1 aromatic carbocycles. The largest absolute Gasteiger partial charge is 0.335 e. The van der Waals surface area contributed by atoms with Gasteiger partial charge in [0.15, 0.2) is 0 Å². The zero-order chi connectivity index (χ0) is 28.7. The van der Waals surface area contributed by atoms with Crippen molar-refractivity contribution in [1.82, 2.24) is 20.4 Å². The Morgan fingerprint density at radius 1 is 0.452 bits per heavy atom. The molecular formula is C36H54N4O2. The summed E-state index contributed by atoms with van der Waals surface area (Å²) < 4.78 is 0. The lowest BCUT2D eigenvalue weighted by Crippen LogP contribution is -2.73. The first-order chi connectivity index (χ1) is 20.4. The monoisotopic (exact) mass is 574 g/mol. The maximum atomic E-state index is 14.6. The number of benzene rings is 1. The lowest BCUT2D eigenvalue weighted by Gasteiger charge is -2.57. The molecular weight excluding hydrogens is 520 g/mol. The zero-order valence-corrected chi connectivity index (χ0v) is 26.0. The van der Waals surface area contributed by atoms with Crippen molar-refractivity contribution < 1.29 is 9.59 Å². The first-order valence-electron chi connectivity index (χ1n) is 17.7. The Morgan fingerprint density at radius 2 is 0.714 bits per heavy atom. The van der Waals surface area contributed by atoms with E-state index in [0.717, 1.165) is 77.5 Å². The fraction of sp³-hybridized carbons (Fsp3) is 0.778. The highest BCUT2D eigenvalue weighted by molar-refractivity contribution is 6.07. The van der Waals surface area contributed by atoms with Crippen LogP contribution in [0.1, 0.15) is 149 Å². The van der Waals surface area contributed by atoms with Crippen LogP contribution in [0.25, 0.3) is 0 Å². The summed E-state index contributed by atoms with van der Waals surface area (Å²) in [6, 6.07) is 7.80. The minimum Gasteiger partial charge on any atom is -0.335 e. The Hall–Kier alpha value is -1.92. The predicted molar refractivity (Wildman–Crippen MR) is 168 cm³/mol. The fourth-order valence-corrected chi connectivity index (χ4v) is 10.4. The Morgan fingerprint density at radius 3 is 0.976 bits per heavy atom. The van der Waals surface area contributed by atoms with Gasteiger partial charge in [0.05, 0.1) is 11.1 Å². The summed E-state index contributed by atoms with van der Waals surface area (Å²) in [7, 11) is 0. The van der Waals surface area contributed by atoms with E-state index in [1.54, 1.807) is 0 Å². The fourth-order valence-electron chi connectivity index (χ4n) is 10.4. The molecule has 6 nitrogen and oxygen atoms in total. The van der Waals surface area contributed by atoms with Gasteiger partial charge in [0.2, 0.25) is 0 Å². The Bertz CT molecular complexity index is 998. The lowest BCUT2D eigenvalue weighted by molar-refractivity contribution is 0.00515. The third kappa shape index (κ3) is 5.56. The SMILES string of the molecule is O=C(c1ccccc1C(=O)N1CC2(CCCCC2)NC2(CCCCC2)C1)N1CC2(CCCCC2)NC2(CCCCC2)C1. The van der Waals surface area contributed by atoms with Gasteiger partial charge in [-0.1, -0.05) is 89.2 Å². The molecule has 2 N–H and O–H groups in total. The van der Waals surface area contributed by atoms with Gasteiger partial charge in [-0.2, -0.15) is 0 Å². The minimum atomic E-state index is 0.0295. The topological polar surface area (TPSA) is 64.7 Å². The first kappa shape index (κ1) is 28.8. The molecule has 0 bridgehead atoms. The van der Waals surface area contributed by atoms with Gasteiger partial charge in [-0.05, 0) is 63.5 Å². The molecule has 0 atom stereocenters. The van der Waals surface area contributed by atoms with E-state index in [4.69, 9.17) is 0 Å². The van der Waals surface area contributed by atoms with Crippen molar-refractivity contribution in [3.63, 3.8) is 0 Å². The van der Waals surface area contributed by atoms with Crippen molar-refractivity contribution in [3.05, 3.63) is 35.4 Å². The molecule has 0 aromatic heterocycles. The molecule has 230 valence electrons. The van der Waals surface area contributed by atoms with Gasteiger partial charge in [-0.15, -0.1) is 0 Å². The van der Waals surface area contributed by atoms with Crippen molar-refractivity contribution in [2.24, 2.45) is 0 Å². The number of rotatable bonds is 2. The maximum Gasteiger partial charge on any atom is 0.254 e. The van der Waals surface area contributed by atoms with Gasteiger partial charge in [0.1, 0.15) is 0 Å². The highest BCUT2D eigenvalue weighted by Crippen LogP contribution is 2.42. The third-order valence-electron chi connectivity index (χ3n) is 12.2. The summed E-state index contributed by atoms with van der Waals surface area (Å²) in [5.41, 5.74) is 1.36.